The third kappa shape index (κ3) is 7.75. The highest BCUT2D eigenvalue weighted by Gasteiger charge is 2.15. The number of carboxylic acid groups (broad SMARTS) is 1. The summed E-state index contributed by atoms with van der Waals surface area (Å²) in [6.45, 7) is 3.73. The van der Waals surface area contributed by atoms with E-state index in [4.69, 9.17) is 20.0 Å². The van der Waals surface area contributed by atoms with Crippen molar-refractivity contribution in [3.63, 3.8) is 0 Å². The summed E-state index contributed by atoms with van der Waals surface area (Å²) in [5, 5.41) is 9.02. The van der Waals surface area contributed by atoms with Crippen LogP contribution in [0.4, 0.5) is 5.82 Å². The third-order valence-electron chi connectivity index (χ3n) is 4.87. The Bertz CT molecular complexity index is 1750. The molecule has 5 aromatic rings. The van der Waals surface area contributed by atoms with Crippen molar-refractivity contribution < 1.29 is 33.4 Å². The number of aromatic amines is 1. The van der Waals surface area contributed by atoms with Gasteiger partial charge in [-0.05, 0) is 50.2 Å². The number of aromatic nitrogens is 6. The van der Waals surface area contributed by atoms with Crippen molar-refractivity contribution >= 4 is 45.8 Å². The number of rotatable bonds is 5. The summed E-state index contributed by atoms with van der Waals surface area (Å²) in [4.78, 5) is 77.4. The van der Waals surface area contributed by atoms with Crippen molar-refractivity contribution in [1.82, 2.24) is 29.9 Å². The molecule has 0 spiro atoms. The van der Waals surface area contributed by atoms with Crippen LogP contribution in [-0.4, -0.2) is 66.1 Å². The molecular formula is C26H23N7O9. The molecule has 0 saturated heterocycles. The zero-order valence-electron chi connectivity index (χ0n) is 22.1. The first-order valence-electron chi connectivity index (χ1n) is 12.0. The fraction of sp³-hybridized carbons (Fsp3) is 0.154. The summed E-state index contributed by atoms with van der Waals surface area (Å²) in [6, 6.07) is 9.26. The first-order valence-corrected chi connectivity index (χ1v) is 12.0. The maximum Gasteiger partial charge on any atom is 0.394 e. The van der Waals surface area contributed by atoms with Crippen LogP contribution < -0.4 is 16.9 Å². The molecule has 4 N–H and O–H groups in total. The van der Waals surface area contributed by atoms with E-state index >= 15 is 0 Å². The molecule has 0 bridgehead atoms. The smallest absolute Gasteiger partial charge is 0.394 e. The second-order valence-corrected chi connectivity index (χ2v) is 7.65. The fourth-order valence-corrected chi connectivity index (χ4v) is 3.05. The molecule has 16 nitrogen and oxygen atoms in total. The largest absolute Gasteiger partial charge is 0.478 e. The number of H-pyrrole nitrogens is 1. The number of nitrogens with zero attached hydrogens (tertiary/aromatic N) is 5. The molecule has 0 aliphatic heterocycles. The van der Waals surface area contributed by atoms with Crippen LogP contribution in [0, 0.1) is 0 Å². The molecule has 0 atom stereocenters. The average molecular weight is 578 g/mol. The van der Waals surface area contributed by atoms with Crippen molar-refractivity contribution in [3.05, 3.63) is 93.0 Å². The Kier molecular flexibility index (Phi) is 10.4. The first kappa shape index (κ1) is 30.5. The molecule has 0 fully saturated rings. The number of nitrogens with two attached hydrogens (primary N) is 1. The highest BCUT2D eigenvalue weighted by Crippen LogP contribution is 2.06. The fourth-order valence-electron chi connectivity index (χ4n) is 3.05. The maximum atomic E-state index is 11.6. The molecule has 5 heterocycles. The number of hydrogen-bond acceptors (Lipinski definition) is 14. The first-order chi connectivity index (χ1) is 20.2. The molecule has 5 aromatic heterocycles. The van der Waals surface area contributed by atoms with Crippen LogP contribution in [0.3, 0.4) is 0 Å². The molecule has 0 aromatic carbocycles. The number of fused-ring (bicyclic) bond motifs is 2. The molecule has 5 rings (SSSR count). The second kappa shape index (κ2) is 14.4. The van der Waals surface area contributed by atoms with E-state index in [1.54, 1.807) is 32.0 Å². The van der Waals surface area contributed by atoms with E-state index in [2.05, 4.69) is 34.6 Å². The van der Waals surface area contributed by atoms with Crippen LogP contribution in [0.15, 0.2) is 69.0 Å². The molecular weight excluding hydrogens is 554 g/mol. The molecule has 0 aliphatic rings. The van der Waals surface area contributed by atoms with Gasteiger partial charge in [0.05, 0.1) is 18.6 Å². The molecule has 42 heavy (non-hydrogen) atoms. The summed E-state index contributed by atoms with van der Waals surface area (Å²) in [6.07, 6.45) is 4.43. The van der Waals surface area contributed by atoms with Gasteiger partial charge in [-0.25, -0.2) is 39.1 Å². The van der Waals surface area contributed by atoms with Gasteiger partial charge in [0, 0.05) is 18.6 Å². The summed E-state index contributed by atoms with van der Waals surface area (Å²) in [7, 11) is 0. The Balaban J connectivity index is 0.000000178. The van der Waals surface area contributed by atoms with Gasteiger partial charge in [0.15, 0.2) is 11.3 Å². The average Bonchev–Trinajstić information content (AvgIpc) is 2.98. The van der Waals surface area contributed by atoms with Crippen LogP contribution in [0.1, 0.15) is 45.5 Å². The lowest BCUT2D eigenvalue weighted by Gasteiger charge is -2.01. The van der Waals surface area contributed by atoms with E-state index in [9.17, 15) is 24.0 Å². The standard InChI is InChI=1S/C10H9N3O3.C10H8N2O4.C6H6N2O2/c1-2-16-10(15)8-12-7-6(9(14)13-8)4-3-5-11-7;1-2-15-10(14)8-12-7-6(9(13)16-8)4-3-5-11-7;7-5-4(6(9)10)2-1-3-8-5/h3-5H,2H2,1H3,(H,11,12,13,14);3-5H,2H2,1H3;1-3H,(H2,7,8)(H,9,10). The zero-order chi connectivity index (χ0) is 30.6. The topological polar surface area (TPSA) is 243 Å². The van der Waals surface area contributed by atoms with Crippen molar-refractivity contribution in [2.75, 3.05) is 18.9 Å². The predicted octanol–water partition coefficient (Wildman–Crippen LogP) is 1.62. The van der Waals surface area contributed by atoms with Gasteiger partial charge in [0.1, 0.15) is 16.8 Å². The number of anilines is 1. The van der Waals surface area contributed by atoms with E-state index in [0.717, 1.165) is 0 Å². The number of ether oxygens (including phenoxy) is 2. The van der Waals surface area contributed by atoms with Crippen LogP contribution in [0.25, 0.3) is 22.1 Å². The Morgan fingerprint density at radius 3 is 2.02 bits per heavy atom. The number of carbonyl (C=O) groups is 3. The van der Waals surface area contributed by atoms with Crippen LogP contribution in [0.5, 0.6) is 0 Å². The van der Waals surface area contributed by atoms with E-state index < -0.39 is 29.1 Å². The SMILES string of the molecule is CCOC(=O)c1nc2ncccc2c(=O)[nH]1.CCOC(=O)c1nc2ncccc2c(=O)o1.Nc1ncccc1C(=O)O. The predicted molar refractivity (Wildman–Crippen MR) is 146 cm³/mol. The quantitative estimate of drug-likeness (QED) is 0.251. The minimum Gasteiger partial charge on any atom is -0.478 e. The molecule has 0 unspecified atom stereocenters. The zero-order valence-corrected chi connectivity index (χ0v) is 22.1. The van der Waals surface area contributed by atoms with Gasteiger partial charge in [0.25, 0.3) is 5.56 Å². The Morgan fingerprint density at radius 1 is 0.857 bits per heavy atom. The van der Waals surface area contributed by atoms with E-state index in [1.165, 1.54) is 36.8 Å². The number of esters is 2. The van der Waals surface area contributed by atoms with Gasteiger partial charge >= 0.3 is 29.4 Å². The monoisotopic (exact) mass is 577 g/mol. The summed E-state index contributed by atoms with van der Waals surface area (Å²) in [5.74, 6) is -2.93. The molecule has 0 radical (unpaired) electrons. The van der Waals surface area contributed by atoms with Gasteiger partial charge in [-0.1, -0.05) is 0 Å². The maximum absolute atomic E-state index is 11.6. The Labute approximate surface area is 235 Å². The Hall–Kier alpha value is -6.06. The summed E-state index contributed by atoms with van der Waals surface area (Å²) in [5.41, 5.74) is 4.62. The Morgan fingerprint density at radius 2 is 1.43 bits per heavy atom. The van der Waals surface area contributed by atoms with Crippen LogP contribution >= 0.6 is 0 Å². The normalized spacial score (nSPS) is 10.0. The van der Waals surface area contributed by atoms with E-state index in [-0.39, 0.29) is 53.0 Å². The van der Waals surface area contributed by atoms with Crippen molar-refractivity contribution in [2.45, 2.75) is 13.8 Å². The number of pyridine rings is 3. The highest BCUT2D eigenvalue weighted by atomic mass is 16.5. The third-order valence-corrected chi connectivity index (χ3v) is 4.87. The lowest BCUT2D eigenvalue weighted by Crippen LogP contribution is -2.18. The number of nitrogen functional groups attached to an aromatic ring is 1. The molecule has 0 saturated carbocycles. The lowest BCUT2D eigenvalue weighted by atomic mass is 10.3. The van der Waals surface area contributed by atoms with Gasteiger partial charge in [-0.15, -0.1) is 0 Å². The van der Waals surface area contributed by atoms with Crippen molar-refractivity contribution in [1.29, 1.82) is 0 Å². The molecule has 216 valence electrons. The minimum atomic E-state index is -1.05. The second-order valence-electron chi connectivity index (χ2n) is 7.65. The summed E-state index contributed by atoms with van der Waals surface area (Å²) < 4.78 is 14.1. The van der Waals surface area contributed by atoms with E-state index in [0.29, 0.717) is 5.39 Å². The van der Waals surface area contributed by atoms with Crippen LogP contribution in [-0.2, 0) is 9.47 Å². The van der Waals surface area contributed by atoms with Gasteiger partial charge in [-0.2, -0.15) is 4.98 Å². The number of hydrogen-bond donors (Lipinski definition) is 3. The molecule has 0 aliphatic carbocycles. The van der Waals surface area contributed by atoms with Gasteiger partial charge in [-0.3, -0.25) is 4.79 Å². The lowest BCUT2D eigenvalue weighted by molar-refractivity contribution is 0.0472. The number of aromatic carboxylic acids is 1. The minimum absolute atomic E-state index is 0.0440. The van der Waals surface area contributed by atoms with Gasteiger partial charge < -0.3 is 29.7 Å². The highest BCUT2D eigenvalue weighted by molar-refractivity contribution is 5.92. The molecule has 16 heteroatoms. The number of carboxylic acids is 1. The number of carbonyl (C=O) groups excluding carboxylic acids is 2. The van der Waals surface area contributed by atoms with E-state index in [1.807, 2.05) is 0 Å². The van der Waals surface area contributed by atoms with Crippen molar-refractivity contribution in [2.24, 2.45) is 0 Å². The van der Waals surface area contributed by atoms with Gasteiger partial charge in [0.2, 0.25) is 5.82 Å². The van der Waals surface area contributed by atoms with Crippen molar-refractivity contribution in [3.8, 4) is 0 Å². The number of nitrogens with one attached hydrogen (secondary N) is 1. The van der Waals surface area contributed by atoms with Crippen LogP contribution in [0.2, 0.25) is 0 Å². The molecule has 0 amide bonds. The summed E-state index contributed by atoms with van der Waals surface area (Å²) >= 11 is 0.